The minimum Gasteiger partial charge on any atom is -0.348 e. The van der Waals surface area contributed by atoms with Gasteiger partial charge in [0.1, 0.15) is 43.9 Å². The Kier molecular flexibility index (Phi) is 6.44. The van der Waals surface area contributed by atoms with Gasteiger partial charge in [-0.05, 0) is 74.2 Å². The summed E-state index contributed by atoms with van der Waals surface area (Å²) in [7, 11) is 0. The van der Waals surface area contributed by atoms with E-state index >= 15 is 0 Å². The van der Waals surface area contributed by atoms with Gasteiger partial charge in [0.15, 0.2) is 6.54 Å². The van der Waals surface area contributed by atoms with Gasteiger partial charge >= 0.3 is 0 Å². The van der Waals surface area contributed by atoms with Crippen molar-refractivity contribution >= 4 is 5.91 Å². The van der Waals surface area contributed by atoms with Crippen molar-refractivity contribution in [1.29, 1.82) is 0 Å². The number of piperazine rings is 1. The van der Waals surface area contributed by atoms with Crippen molar-refractivity contribution in [2.75, 3.05) is 32.7 Å². The number of carbonyl (C=O) groups excluding carboxylic acids is 1. The topological polar surface area (TPSA) is 38.0 Å². The van der Waals surface area contributed by atoms with E-state index in [0.29, 0.717) is 12.5 Å². The van der Waals surface area contributed by atoms with E-state index in [-0.39, 0.29) is 29.6 Å². The highest BCUT2D eigenvalue weighted by Gasteiger charge is 2.34. The minimum absolute atomic E-state index is 0.0245. The monoisotopic (exact) mass is 415 g/mol. The van der Waals surface area contributed by atoms with Gasteiger partial charge in [0, 0.05) is 17.2 Å². The molecule has 0 bridgehead atoms. The second-order valence-corrected chi connectivity index (χ2v) is 8.81. The van der Waals surface area contributed by atoms with Crippen LogP contribution in [0.1, 0.15) is 36.9 Å². The normalized spacial score (nSPS) is 22.7. The lowest BCUT2D eigenvalue weighted by molar-refractivity contribution is -1.02. The Balaban J connectivity index is 1.40. The third-order valence-electron chi connectivity index (χ3n) is 6.54. The molecule has 0 aromatic heterocycles. The molecular formula is C24H31F2N3O+2. The Morgan fingerprint density at radius 1 is 0.933 bits per heavy atom. The lowest BCUT2D eigenvalue weighted by atomic mass is 9.96. The third-order valence-corrected chi connectivity index (χ3v) is 6.54. The summed E-state index contributed by atoms with van der Waals surface area (Å²) < 4.78 is 26.9. The minimum atomic E-state index is -0.257. The molecule has 2 aromatic carbocycles. The van der Waals surface area contributed by atoms with Gasteiger partial charge in [0.25, 0.3) is 5.91 Å². The first-order chi connectivity index (χ1) is 14.5. The quantitative estimate of drug-likeness (QED) is 0.614. The van der Waals surface area contributed by atoms with Crippen molar-refractivity contribution in [2.45, 2.75) is 31.8 Å². The molecule has 2 aromatic rings. The van der Waals surface area contributed by atoms with Crippen molar-refractivity contribution < 1.29 is 23.4 Å². The number of halogens is 2. The van der Waals surface area contributed by atoms with Crippen molar-refractivity contribution in [2.24, 2.45) is 5.92 Å². The average Bonchev–Trinajstić information content (AvgIpc) is 3.58. The maximum absolute atomic E-state index is 13.5. The van der Waals surface area contributed by atoms with Gasteiger partial charge in [0.05, 0.1) is 0 Å². The van der Waals surface area contributed by atoms with Crippen molar-refractivity contribution in [3.8, 4) is 0 Å². The summed E-state index contributed by atoms with van der Waals surface area (Å²) in [6.07, 6.45) is 2.45. The number of carbonyl (C=O) groups is 1. The Bertz CT molecular complexity index is 798. The number of nitrogens with one attached hydrogen (secondary N) is 3. The van der Waals surface area contributed by atoms with E-state index in [1.54, 1.807) is 0 Å². The molecule has 6 heteroatoms. The summed E-state index contributed by atoms with van der Waals surface area (Å²) in [4.78, 5) is 15.0. The maximum Gasteiger partial charge on any atom is 0.275 e. The van der Waals surface area contributed by atoms with Crippen LogP contribution in [-0.4, -0.2) is 44.7 Å². The van der Waals surface area contributed by atoms with E-state index in [1.807, 2.05) is 24.3 Å². The van der Waals surface area contributed by atoms with Gasteiger partial charge in [-0.15, -0.1) is 0 Å². The molecule has 0 spiro atoms. The number of benzene rings is 2. The molecule has 4 rings (SSSR count). The lowest BCUT2D eigenvalue weighted by Crippen LogP contribution is -3.28. The number of hydrogen-bond donors (Lipinski definition) is 3. The predicted molar refractivity (Wildman–Crippen MR) is 111 cm³/mol. The molecule has 1 aliphatic heterocycles. The number of amides is 1. The van der Waals surface area contributed by atoms with Gasteiger partial charge in [0.2, 0.25) is 0 Å². The number of hydrogen-bond acceptors (Lipinski definition) is 1. The largest absolute Gasteiger partial charge is 0.348 e. The van der Waals surface area contributed by atoms with Gasteiger partial charge in [-0.2, -0.15) is 0 Å². The van der Waals surface area contributed by atoms with Crippen molar-refractivity contribution in [3.05, 3.63) is 71.3 Å². The summed E-state index contributed by atoms with van der Waals surface area (Å²) in [5, 5.41) is 3.15. The van der Waals surface area contributed by atoms with E-state index in [2.05, 4.69) is 12.2 Å². The second-order valence-electron chi connectivity index (χ2n) is 8.81. The summed E-state index contributed by atoms with van der Waals surface area (Å²) >= 11 is 0. The highest BCUT2D eigenvalue weighted by molar-refractivity contribution is 5.77. The molecule has 2 fully saturated rings. The van der Waals surface area contributed by atoms with Crippen LogP contribution < -0.4 is 15.1 Å². The van der Waals surface area contributed by atoms with Crippen molar-refractivity contribution in [1.82, 2.24) is 5.32 Å². The Hall–Kier alpha value is -2.31. The van der Waals surface area contributed by atoms with Crippen LogP contribution in [-0.2, 0) is 4.79 Å². The predicted octanol–water partition coefficient (Wildman–Crippen LogP) is 0.752. The van der Waals surface area contributed by atoms with E-state index in [9.17, 15) is 13.6 Å². The first kappa shape index (κ1) is 20.9. The molecule has 30 heavy (non-hydrogen) atoms. The Labute approximate surface area is 176 Å². The highest BCUT2D eigenvalue weighted by atomic mass is 19.1. The SMILES string of the molecule is C[C@H](NC(=O)C[NH+]1CC[NH+](C(c2ccc(F)cc2)c2ccc(F)cc2)CC1)C1CC1. The molecule has 0 radical (unpaired) electrons. The number of rotatable bonds is 7. The van der Waals surface area contributed by atoms with Crippen LogP contribution in [0.3, 0.4) is 0 Å². The number of quaternary nitrogens is 2. The van der Waals surface area contributed by atoms with E-state index in [1.165, 1.54) is 46.9 Å². The van der Waals surface area contributed by atoms with E-state index in [4.69, 9.17) is 0 Å². The van der Waals surface area contributed by atoms with Gasteiger partial charge in [-0.25, -0.2) is 8.78 Å². The molecule has 1 amide bonds. The van der Waals surface area contributed by atoms with Crippen LogP contribution in [0.15, 0.2) is 48.5 Å². The molecule has 160 valence electrons. The molecule has 4 nitrogen and oxygen atoms in total. The van der Waals surface area contributed by atoms with Gasteiger partial charge in [-0.1, -0.05) is 0 Å². The van der Waals surface area contributed by atoms with Crippen LogP contribution in [0.5, 0.6) is 0 Å². The molecule has 1 atom stereocenters. The van der Waals surface area contributed by atoms with Crippen LogP contribution in [0.2, 0.25) is 0 Å². The van der Waals surface area contributed by atoms with Crippen LogP contribution in [0.25, 0.3) is 0 Å². The first-order valence-electron chi connectivity index (χ1n) is 11.0. The fraction of sp³-hybridized carbons (Fsp3) is 0.458. The van der Waals surface area contributed by atoms with Crippen LogP contribution in [0, 0.1) is 17.6 Å². The van der Waals surface area contributed by atoms with Crippen LogP contribution in [0.4, 0.5) is 8.78 Å². The zero-order valence-corrected chi connectivity index (χ0v) is 17.5. The lowest BCUT2D eigenvalue weighted by Gasteiger charge is -2.35. The Morgan fingerprint density at radius 2 is 1.43 bits per heavy atom. The molecular weight excluding hydrogens is 384 g/mol. The van der Waals surface area contributed by atoms with Crippen LogP contribution >= 0.6 is 0 Å². The zero-order valence-electron chi connectivity index (χ0n) is 17.5. The van der Waals surface area contributed by atoms with Gasteiger partial charge in [-0.3, -0.25) is 4.79 Å². The summed E-state index contributed by atoms with van der Waals surface area (Å²) in [5.41, 5.74) is 2.05. The third kappa shape index (κ3) is 5.24. The first-order valence-corrected chi connectivity index (χ1v) is 11.0. The summed E-state index contributed by atoms with van der Waals surface area (Å²) in [5.74, 6) is 0.290. The average molecular weight is 416 g/mol. The summed E-state index contributed by atoms with van der Waals surface area (Å²) in [6, 6.07) is 13.5. The van der Waals surface area contributed by atoms with Crippen molar-refractivity contribution in [3.63, 3.8) is 0 Å². The molecule has 2 aliphatic rings. The molecule has 1 aliphatic carbocycles. The molecule has 1 saturated heterocycles. The standard InChI is InChI=1S/C24H29F2N3O/c1-17(18-2-3-18)27-23(30)16-28-12-14-29(15-13-28)24(19-4-8-21(25)9-5-19)20-6-10-22(26)11-7-20/h4-11,17-18,24H,2-3,12-16H2,1H3,(H,27,30)/p+2/t17-/m0/s1. The zero-order chi connectivity index (χ0) is 21.1. The summed E-state index contributed by atoms with van der Waals surface area (Å²) in [6.45, 7) is 6.23. The fourth-order valence-corrected chi connectivity index (χ4v) is 4.61. The second kappa shape index (κ2) is 9.23. The fourth-order valence-electron chi connectivity index (χ4n) is 4.61. The molecule has 3 N–H and O–H groups in total. The molecule has 1 saturated carbocycles. The molecule has 0 unspecified atom stereocenters. The van der Waals surface area contributed by atoms with Gasteiger partial charge < -0.3 is 15.1 Å². The highest BCUT2D eigenvalue weighted by Crippen LogP contribution is 2.32. The van der Waals surface area contributed by atoms with E-state index < -0.39 is 0 Å². The maximum atomic E-state index is 13.5. The smallest absolute Gasteiger partial charge is 0.275 e. The molecule has 1 heterocycles. The van der Waals surface area contributed by atoms with E-state index in [0.717, 1.165) is 37.3 Å². The Morgan fingerprint density at radius 3 is 1.90 bits per heavy atom.